The van der Waals surface area contributed by atoms with Gasteiger partial charge in [0.2, 0.25) is 0 Å². The van der Waals surface area contributed by atoms with E-state index in [4.69, 9.17) is 0 Å². The van der Waals surface area contributed by atoms with E-state index in [9.17, 15) is 4.79 Å². The summed E-state index contributed by atoms with van der Waals surface area (Å²) in [4.78, 5) is 16.8. The smallest absolute Gasteiger partial charge is 0.169 e. The van der Waals surface area contributed by atoms with Crippen molar-refractivity contribution in [1.82, 2.24) is 4.98 Å². The normalized spacial score (nSPS) is 11.6. The van der Waals surface area contributed by atoms with Crippen LogP contribution in [0.1, 0.15) is 41.8 Å². The summed E-state index contributed by atoms with van der Waals surface area (Å²) in [6, 6.07) is 7.68. The largest absolute Gasteiger partial charge is 0.294 e. The van der Waals surface area contributed by atoms with E-state index in [0.29, 0.717) is 6.42 Å². The fraction of sp³-hybridized carbons (Fsp3) is 0.333. The zero-order valence-corrected chi connectivity index (χ0v) is 14.2. The Kier molecular flexibility index (Phi) is 4.40. The molecule has 0 bridgehead atoms. The zero-order valence-electron chi connectivity index (χ0n) is 11.2. The third kappa shape index (κ3) is 3.86. The molecule has 0 unspecified atom stereocenters. The molecule has 0 aliphatic rings. The molecule has 0 saturated heterocycles. The van der Waals surface area contributed by atoms with Crippen LogP contribution in [0.4, 0.5) is 0 Å². The van der Waals surface area contributed by atoms with Gasteiger partial charge in [-0.25, -0.2) is 4.98 Å². The highest BCUT2D eigenvalue weighted by Crippen LogP contribution is 2.24. The molecule has 0 fully saturated rings. The lowest BCUT2D eigenvalue weighted by Crippen LogP contribution is -2.12. The van der Waals surface area contributed by atoms with E-state index < -0.39 is 0 Å². The summed E-state index contributed by atoms with van der Waals surface area (Å²) in [7, 11) is 0. The second-order valence-electron chi connectivity index (χ2n) is 5.49. The van der Waals surface area contributed by atoms with E-state index in [-0.39, 0.29) is 11.2 Å². The molecule has 100 valence electrons. The van der Waals surface area contributed by atoms with Crippen LogP contribution in [0.3, 0.4) is 0 Å². The highest BCUT2D eigenvalue weighted by molar-refractivity contribution is 14.1. The van der Waals surface area contributed by atoms with Crippen LogP contribution >= 0.6 is 33.9 Å². The predicted molar refractivity (Wildman–Crippen MR) is 88.0 cm³/mol. The molecule has 2 aromatic rings. The van der Waals surface area contributed by atoms with Gasteiger partial charge in [0.25, 0.3) is 0 Å². The van der Waals surface area contributed by atoms with Crippen LogP contribution in [-0.2, 0) is 11.8 Å². The maximum absolute atomic E-state index is 12.2. The Morgan fingerprint density at radius 2 is 2.11 bits per heavy atom. The van der Waals surface area contributed by atoms with Crippen LogP contribution in [0.15, 0.2) is 29.6 Å². The van der Waals surface area contributed by atoms with Gasteiger partial charge in [0.15, 0.2) is 5.78 Å². The second kappa shape index (κ2) is 5.71. The van der Waals surface area contributed by atoms with Gasteiger partial charge in [-0.05, 0) is 34.7 Å². The van der Waals surface area contributed by atoms with Gasteiger partial charge in [-0.2, -0.15) is 0 Å². The van der Waals surface area contributed by atoms with Crippen molar-refractivity contribution in [3.8, 4) is 0 Å². The van der Waals surface area contributed by atoms with Crippen molar-refractivity contribution < 1.29 is 4.79 Å². The van der Waals surface area contributed by atoms with Crippen LogP contribution in [0.2, 0.25) is 0 Å². The lowest BCUT2D eigenvalue weighted by molar-refractivity contribution is 0.0992. The van der Waals surface area contributed by atoms with E-state index in [1.165, 1.54) is 0 Å². The highest BCUT2D eigenvalue weighted by atomic mass is 127. The summed E-state index contributed by atoms with van der Waals surface area (Å²) in [6.45, 7) is 6.40. The lowest BCUT2D eigenvalue weighted by Gasteiger charge is -2.14. The monoisotopic (exact) mass is 385 g/mol. The Morgan fingerprint density at radius 3 is 2.68 bits per heavy atom. The molecular weight excluding hydrogens is 369 g/mol. The minimum absolute atomic E-state index is 0.0416. The first kappa shape index (κ1) is 14.7. The van der Waals surface area contributed by atoms with Crippen molar-refractivity contribution in [2.45, 2.75) is 32.6 Å². The number of Topliss-reactive ketones (excluding diaryl/α,β-unsaturated/α-hetero) is 1. The summed E-state index contributed by atoms with van der Waals surface area (Å²) in [6.07, 6.45) is 0.390. The summed E-state index contributed by atoms with van der Waals surface area (Å²) in [5.74, 6) is 0.133. The molecule has 1 aromatic heterocycles. The minimum Gasteiger partial charge on any atom is -0.294 e. The van der Waals surface area contributed by atoms with Gasteiger partial charge in [-0.1, -0.05) is 32.9 Å². The number of carbonyl (C=O) groups is 1. The molecular formula is C15H16INOS. The van der Waals surface area contributed by atoms with Gasteiger partial charge in [0, 0.05) is 19.9 Å². The fourth-order valence-corrected chi connectivity index (χ4v) is 3.20. The van der Waals surface area contributed by atoms with Crippen molar-refractivity contribution in [1.29, 1.82) is 0 Å². The van der Waals surface area contributed by atoms with Gasteiger partial charge in [-0.3, -0.25) is 4.79 Å². The lowest BCUT2D eigenvalue weighted by atomic mass is 9.93. The molecule has 0 atom stereocenters. The van der Waals surface area contributed by atoms with Gasteiger partial charge >= 0.3 is 0 Å². The molecule has 2 rings (SSSR count). The molecule has 0 spiro atoms. The second-order valence-corrected chi connectivity index (χ2v) is 7.68. The molecule has 0 radical (unpaired) electrons. The molecule has 0 N–H and O–H groups in total. The molecule has 0 aliphatic heterocycles. The zero-order chi connectivity index (χ0) is 14.0. The van der Waals surface area contributed by atoms with Crippen molar-refractivity contribution >= 4 is 39.7 Å². The Labute approximate surface area is 131 Å². The number of ketones is 1. The number of hydrogen-bond donors (Lipinski definition) is 0. The van der Waals surface area contributed by atoms with E-state index in [2.05, 4.69) is 53.7 Å². The van der Waals surface area contributed by atoms with Crippen molar-refractivity contribution in [3.63, 3.8) is 0 Å². The molecule has 0 amide bonds. The van der Waals surface area contributed by atoms with Crippen molar-refractivity contribution in [2.24, 2.45) is 0 Å². The van der Waals surface area contributed by atoms with E-state index >= 15 is 0 Å². The number of rotatable bonds is 3. The molecule has 1 aromatic carbocycles. The number of thiazole rings is 1. The molecule has 1 heterocycles. The number of benzene rings is 1. The van der Waals surface area contributed by atoms with Crippen LogP contribution < -0.4 is 0 Å². The molecule has 0 saturated carbocycles. The average molecular weight is 385 g/mol. The molecule has 0 aliphatic carbocycles. The highest BCUT2D eigenvalue weighted by Gasteiger charge is 2.18. The quantitative estimate of drug-likeness (QED) is 0.577. The van der Waals surface area contributed by atoms with Crippen molar-refractivity contribution in [3.05, 3.63) is 49.5 Å². The summed E-state index contributed by atoms with van der Waals surface area (Å²) in [5.41, 5.74) is 1.86. The molecule has 19 heavy (non-hydrogen) atoms. The number of halogens is 1. The fourth-order valence-electron chi connectivity index (χ4n) is 1.64. The van der Waals surface area contributed by atoms with Crippen LogP contribution in [0.5, 0.6) is 0 Å². The standard InChI is InChI=1S/C15H16INOS/c1-15(2,3)13-9-19-14(17-13)8-12(18)10-5-4-6-11(16)7-10/h4-7,9H,8H2,1-3H3. The Bertz CT molecular complexity index is 598. The average Bonchev–Trinajstić information content (AvgIpc) is 2.77. The van der Waals surface area contributed by atoms with Crippen LogP contribution in [0, 0.1) is 3.57 Å². The summed E-state index contributed by atoms with van der Waals surface area (Å²) >= 11 is 3.79. The first-order valence-corrected chi connectivity index (χ1v) is 8.06. The Morgan fingerprint density at radius 1 is 1.37 bits per heavy atom. The number of nitrogens with zero attached hydrogens (tertiary/aromatic N) is 1. The first-order chi connectivity index (χ1) is 8.86. The van der Waals surface area contributed by atoms with Crippen LogP contribution in [-0.4, -0.2) is 10.8 Å². The van der Waals surface area contributed by atoms with Gasteiger partial charge in [-0.15, -0.1) is 11.3 Å². The SMILES string of the molecule is CC(C)(C)c1csc(CC(=O)c2cccc(I)c2)n1. The first-order valence-electron chi connectivity index (χ1n) is 6.10. The van der Waals surface area contributed by atoms with Crippen molar-refractivity contribution in [2.75, 3.05) is 0 Å². The Hall–Kier alpha value is -0.750. The topological polar surface area (TPSA) is 30.0 Å². The Balaban J connectivity index is 2.13. The number of aromatic nitrogens is 1. The number of hydrogen-bond acceptors (Lipinski definition) is 3. The number of carbonyl (C=O) groups excluding carboxylic acids is 1. The maximum Gasteiger partial charge on any atom is 0.169 e. The van der Waals surface area contributed by atoms with E-state index in [1.807, 2.05) is 24.3 Å². The molecule has 2 nitrogen and oxygen atoms in total. The molecule has 4 heteroatoms. The minimum atomic E-state index is 0.0416. The third-order valence-corrected chi connectivity index (χ3v) is 4.30. The third-order valence-electron chi connectivity index (χ3n) is 2.78. The maximum atomic E-state index is 12.2. The van der Waals surface area contributed by atoms with Gasteiger partial charge < -0.3 is 0 Å². The van der Waals surface area contributed by atoms with E-state index in [0.717, 1.165) is 19.8 Å². The summed E-state index contributed by atoms with van der Waals surface area (Å²) < 4.78 is 1.08. The summed E-state index contributed by atoms with van der Waals surface area (Å²) in [5, 5.41) is 2.95. The predicted octanol–water partition coefficient (Wildman–Crippen LogP) is 4.47. The van der Waals surface area contributed by atoms with E-state index in [1.54, 1.807) is 11.3 Å². The van der Waals surface area contributed by atoms with Gasteiger partial charge in [0.1, 0.15) is 5.01 Å². The van der Waals surface area contributed by atoms with Gasteiger partial charge in [0.05, 0.1) is 12.1 Å². The van der Waals surface area contributed by atoms with Crippen LogP contribution in [0.25, 0.3) is 0 Å².